The van der Waals surface area contributed by atoms with E-state index in [2.05, 4.69) is 0 Å². The molecule has 0 aliphatic rings. The molecule has 3 N–H and O–H groups in total. The highest BCUT2D eigenvalue weighted by Crippen LogP contribution is 2.26. The number of rotatable bonds is 4. The van der Waals surface area contributed by atoms with Gasteiger partial charge in [-0.3, -0.25) is 0 Å². The molecule has 1 aromatic rings. The van der Waals surface area contributed by atoms with Crippen molar-refractivity contribution in [2.45, 2.75) is 12.2 Å². The average molecular weight is 216 g/mol. The second kappa shape index (κ2) is 5.06. The molecular weight excluding hydrogens is 203 g/mol. The lowest BCUT2D eigenvalue weighted by Gasteiger charge is -2.17. The Morgan fingerprint density at radius 1 is 1.40 bits per heavy atom. The summed E-state index contributed by atoms with van der Waals surface area (Å²) in [5.41, 5.74) is -0.101. The van der Waals surface area contributed by atoms with Gasteiger partial charge in [0.05, 0.1) is 13.7 Å². The van der Waals surface area contributed by atoms with E-state index in [0.29, 0.717) is 0 Å². The summed E-state index contributed by atoms with van der Waals surface area (Å²) in [5, 5.41) is 27.3. The third kappa shape index (κ3) is 2.44. The van der Waals surface area contributed by atoms with Crippen LogP contribution in [0.5, 0.6) is 5.75 Å². The molecule has 0 radical (unpaired) electrons. The fourth-order valence-electron chi connectivity index (χ4n) is 1.22. The normalized spacial score (nSPS) is 14.7. The third-order valence-electron chi connectivity index (χ3n) is 2.08. The first-order valence-electron chi connectivity index (χ1n) is 4.41. The van der Waals surface area contributed by atoms with E-state index >= 15 is 0 Å². The molecule has 0 saturated carbocycles. The molecule has 1 aromatic carbocycles. The van der Waals surface area contributed by atoms with Gasteiger partial charge in [-0.15, -0.1) is 0 Å². The van der Waals surface area contributed by atoms with E-state index in [9.17, 15) is 9.50 Å². The Kier molecular flexibility index (Phi) is 4.02. The van der Waals surface area contributed by atoms with Crippen LogP contribution in [-0.4, -0.2) is 35.1 Å². The topological polar surface area (TPSA) is 69.9 Å². The number of aliphatic hydroxyl groups excluding tert-OH is 3. The molecule has 0 fully saturated rings. The van der Waals surface area contributed by atoms with Crippen molar-refractivity contribution in [3.63, 3.8) is 0 Å². The van der Waals surface area contributed by atoms with Gasteiger partial charge >= 0.3 is 0 Å². The van der Waals surface area contributed by atoms with E-state index in [0.717, 1.165) is 0 Å². The predicted molar refractivity (Wildman–Crippen MR) is 51.0 cm³/mol. The van der Waals surface area contributed by atoms with Crippen LogP contribution >= 0.6 is 0 Å². The van der Waals surface area contributed by atoms with Crippen LogP contribution in [0.3, 0.4) is 0 Å². The molecule has 2 atom stereocenters. The summed E-state index contributed by atoms with van der Waals surface area (Å²) in [7, 11) is 1.30. The molecule has 0 heterocycles. The highest BCUT2D eigenvalue weighted by molar-refractivity contribution is 5.32. The first-order valence-corrected chi connectivity index (χ1v) is 4.41. The predicted octanol–water partition coefficient (Wildman–Crippen LogP) is 0.221. The minimum atomic E-state index is -1.47. The monoisotopic (exact) mass is 216 g/mol. The van der Waals surface area contributed by atoms with Crippen molar-refractivity contribution < 1.29 is 24.4 Å². The van der Waals surface area contributed by atoms with Crippen LogP contribution in [0, 0.1) is 5.82 Å². The molecular formula is C10H13FO4. The Bertz CT molecular complexity index is 329. The maximum Gasteiger partial charge on any atom is 0.170 e. The SMILES string of the molecule is COc1cccc(C(O)C(O)CO)c1F. The van der Waals surface area contributed by atoms with Crippen molar-refractivity contribution >= 4 is 0 Å². The fraction of sp³-hybridized carbons (Fsp3) is 0.400. The molecule has 0 amide bonds. The average Bonchev–Trinajstić information content (AvgIpc) is 2.27. The summed E-state index contributed by atoms with van der Waals surface area (Å²) in [6, 6.07) is 4.21. The molecule has 0 spiro atoms. The van der Waals surface area contributed by atoms with Crippen LogP contribution in [0.1, 0.15) is 11.7 Å². The van der Waals surface area contributed by atoms with Crippen LogP contribution in [0.25, 0.3) is 0 Å². The molecule has 0 saturated heterocycles. The van der Waals surface area contributed by atoms with Crippen molar-refractivity contribution in [1.29, 1.82) is 0 Å². The summed E-state index contributed by atoms with van der Waals surface area (Å²) in [5.74, 6) is -0.753. The first-order chi connectivity index (χ1) is 7.11. The Hall–Kier alpha value is -1.17. The zero-order valence-corrected chi connectivity index (χ0v) is 8.22. The number of halogens is 1. The molecule has 2 unspecified atom stereocenters. The lowest BCUT2D eigenvalue weighted by Crippen LogP contribution is -2.23. The van der Waals surface area contributed by atoms with Crippen LogP contribution in [0.2, 0.25) is 0 Å². The van der Waals surface area contributed by atoms with Crippen molar-refractivity contribution in [1.82, 2.24) is 0 Å². The summed E-state index contributed by atoms with van der Waals surface area (Å²) in [6.07, 6.45) is -2.88. The molecule has 4 nitrogen and oxygen atoms in total. The van der Waals surface area contributed by atoms with Gasteiger partial charge in [0.1, 0.15) is 12.2 Å². The summed E-state index contributed by atoms with van der Waals surface area (Å²) in [4.78, 5) is 0. The first kappa shape index (κ1) is 11.9. The van der Waals surface area contributed by atoms with Crippen molar-refractivity contribution in [2.75, 3.05) is 13.7 Å². The quantitative estimate of drug-likeness (QED) is 0.673. The van der Waals surface area contributed by atoms with Crippen LogP contribution in [-0.2, 0) is 0 Å². The van der Waals surface area contributed by atoms with Crippen LogP contribution in [0.4, 0.5) is 4.39 Å². The van der Waals surface area contributed by atoms with E-state index in [1.165, 1.54) is 25.3 Å². The minimum Gasteiger partial charge on any atom is -0.494 e. The summed E-state index contributed by atoms with van der Waals surface area (Å²) >= 11 is 0. The number of hydrogen-bond donors (Lipinski definition) is 3. The van der Waals surface area contributed by atoms with Gasteiger partial charge in [0, 0.05) is 5.56 Å². The highest BCUT2D eigenvalue weighted by Gasteiger charge is 2.22. The van der Waals surface area contributed by atoms with Crippen molar-refractivity contribution in [3.05, 3.63) is 29.6 Å². The van der Waals surface area contributed by atoms with E-state index < -0.39 is 24.6 Å². The molecule has 5 heteroatoms. The van der Waals surface area contributed by atoms with Gasteiger partial charge < -0.3 is 20.1 Å². The summed E-state index contributed by atoms with van der Waals surface area (Å²) in [6.45, 7) is -0.641. The molecule has 15 heavy (non-hydrogen) atoms. The summed E-state index contributed by atoms with van der Waals surface area (Å²) < 4.78 is 18.3. The Morgan fingerprint density at radius 3 is 2.60 bits per heavy atom. The standard InChI is InChI=1S/C10H13FO4/c1-15-8-4-2-3-6(9(8)11)10(14)7(13)5-12/h2-4,7,10,12-14H,5H2,1H3. The molecule has 0 aliphatic heterocycles. The van der Waals surface area contributed by atoms with E-state index in [1.54, 1.807) is 0 Å². The Balaban J connectivity index is 3.03. The van der Waals surface area contributed by atoms with Gasteiger partial charge in [0.15, 0.2) is 11.6 Å². The lowest BCUT2D eigenvalue weighted by molar-refractivity contribution is -0.0169. The lowest BCUT2D eigenvalue weighted by atomic mass is 10.0. The second-order valence-electron chi connectivity index (χ2n) is 3.06. The smallest absolute Gasteiger partial charge is 0.170 e. The second-order valence-corrected chi connectivity index (χ2v) is 3.06. The third-order valence-corrected chi connectivity index (χ3v) is 2.08. The number of ether oxygens (including phenoxy) is 1. The fourth-order valence-corrected chi connectivity index (χ4v) is 1.22. The van der Waals surface area contributed by atoms with Crippen LogP contribution in [0.15, 0.2) is 18.2 Å². The molecule has 84 valence electrons. The van der Waals surface area contributed by atoms with E-state index in [4.69, 9.17) is 14.9 Å². The number of benzene rings is 1. The maximum absolute atomic E-state index is 13.5. The van der Waals surface area contributed by atoms with E-state index in [1.807, 2.05) is 0 Å². The number of methoxy groups -OCH3 is 1. The maximum atomic E-state index is 13.5. The highest BCUT2D eigenvalue weighted by atomic mass is 19.1. The number of aliphatic hydroxyl groups is 3. The van der Waals surface area contributed by atoms with Gasteiger partial charge in [0.25, 0.3) is 0 Å². The molecule has 1 rings (SSSR count). The minimum absolute atomic E-state index is 0.0170. The molecule has 0 bridgehead atoms. The van der Waals surface area contributed by atoms with Gasteiger partial charge in [-0.2, -0.15) is 0 Å². The van der Waals surface area contributed by atoms with Crippen LogP contribution < -0.4 is 4.74 Å². The van der Waals surface area contributed by atoms with Crippen molar-refractivity contribution in [3.8, 4) is 5.75 Å². The zero-order chi connectivity index (χ0) is 11.4. The van der Waals surface area contributed by atoms with E-state index in [-0.39, 0.29) is 11.3 Å². The number of hydrogen-bond acceptors (Lipinski definition) is 4. The Morgan fingerprint density at radius 2 is 2.07 bits per heavy atom. The van der Waals surface area contributed by atoms with Gasteiger partial charge in [-0.25, -0.2) is 4.39 Å². The zero-order valence-electron chi connectivity index (χ0n) is 8.22. The van der Waals surface area contributed by atoms with Gasteiger partial charge in [-0.1, -0.05) is 12.1 Å². The van der Waals surface area contributed by atoms with Crippen molar-refractivity contribution in [2.24, 2.45) is 0 Å². The van der Waals surface area contributed by atoms with Gasteiger partial charge in [0.2, 0.25) is 0 Å². The van der Waals surface area contributed by atoms with Gasteiger partial charge in [-0.05, 0) is 6.07 Å². The molecule has 0 aliphatic carbocycles. The largest absolute Gasteiger partial charge is 0.494 e. The molecule has 0 aromatic heterocycles. The Labute approximate surface area is 86.6 Å².